The van der Waals surface area contributed by atoms with Crippen molar-refractivity contribution in [1.82, 2.24) is 20.2 Å². The predicted octanol–water partition coefficient (Wildman–Crippen LogP) is 3.06. The number of nitrogens with zero attached hydrogens (tertiary/aromatic N) is 4. The average Bonchev–Trinajstić information content (AvgIpc) is 2.68. The number of carbonyl (C=O) groups is 1. The van der Waals surface area contributed by atoms with Crippen molar-refractivity contribution in [2.75, 3.05) is 50.5 Å². The number of amides is 1. The van der Waals surface area contributed by atoms with Crippen LogP contribution in [-0.4, -0.2) is 61.0 Å². The molecule has 0 aliphatic heterocycles. The summed E-state index contributed by atoms with van der Waals surface area (Å²) < 4.78 is 0. The van der Waals surface area contributed by atoms with Crippen LogP contribution < -0.4 is 15.5 Å². The highest BCUT2D eigenvalue weighted by Gasteiger charge is 2.09. The van der Waals surface area contributed by atoms with E-state index >= 15 is 0 Å². The van der Waals surface area contributed by atoms with E-state index in [4.69, 9.17) is 0 Å². The first-order valence-corrected chi connectivity index (χ1v) is 9.82. The number of hydrogen-bond acceptors (Lipinski definition) is 6. The molecule has 0 unspecified atom stereocenters. The van der Waals surface area contributed by atoms with Gasteiger partial charge in [0.25, 0.3) is 5.91 Å². The third-order valence-electron chi connectivity index (χ3n) is 4.57. The molecule has 0 atom stereocenters. The Balaban J connectivity index is 1.96. The second-order valence-corrected chi connectivity index (χ2v) is 7.00. The smallest absolute Gasteiger partial charge is 0.254 e. The minimum absolute atomic E-state index is 0.148. The zero-order valence-electron chi connectivity index (χ0n) is 17.6. The van der Waals surface area contributed by atoms with Crippen molar-refractivity contribution in [2.45, 2.75) is 27.2 Å². The first-order valence-electron chi connectivity index (χ1n) is 9.82. The fourth-order valence-electron chi connectivity index (χ4n) is 2.90. The maximum absolute atomic E-state index is 12.1. The van der Waals surface area contributed by atoms with Crippen molar-refractivity contribution in [3.8, 4) is 0 Å². The van der Waals surface area contributed by atoms with Crippen LogP contribution in [-0.2, 0) is 0 Å². The Morgan fingerprint density at radius 3 is 2.36 bits per heavy atom. The summed E-state index contributed by atoms with van der Waals surface area (Å²) in [6, 6.07) is 6.29. The molecule has 1 amide bonds. The quantitative estimate of drug-likeness (QED) is 0.614. The molecule has 0 spiro atoms. The van der Waals surface area contributed by atoms with Crippen LogP contribution in [0.15, 0.2) is 30.6 Å². The standard InChI is InChI=1S/C21H32N6O/c1-6-27(7-2)18-9-10-19(16(3)13-18)25-21-23-14-17(15-24-21)20(28)22-11-8-12-26(4)5/h9-10,13-15H,6-8,11-12H2,1-5H3,(H,22,28)(H,23,24,25). The molecule has 7 nitrogen and oxygen atoms in total. The van der Waals surface area contributed by atoms with Gasteiger partial charge in [0.05, 0.1) is 5.56 Å². The first kappa shape index (κ1) is 21.6. The SMILES string of the molecule is CCN(CC)c1ccc(Nc2ncc(C(=O)NCCCN(C)C)cn2)c(C)c1. The van der Waals surface area contributed by atoms with Crippen LogP contribution in [0.2, 0.25) is 0 Å². The highest BCUT2D eigenvalue weighted by molar-refractivity contribution is 5.93. The topological polar surface area (TPSA) is 73.4 Å². The van der Waals surface area contributed by atoms with Crippen LogP contribution in [0, 0.1) is 6.92 Å². The number of aromatic nitrogens is 2. The number of rotatable bonds is 10. The molecule has 1 heterocycles. The van der Waals surface area contributed by atoms with Gasteiger partial charge < -0.3 is 20.4 Å². The number of aryl methyl sites for hydroxylation is 1. The van der Waals surface area contributed by atoms with Gasteiger partial charge in [0, 0.05) is 43.4 Å². The van der Waals surface area contributed by atoms with Crippen molar-refractivity contribution in [3.05, 3.63) is 41.7 Å². The molecule has 28 heavy (non-hydrogen) atoms. The van der Waals surface area contributed by atoms with E-state index in [9.17, 15) is 4.79 Å². The minimum Gasteiger partial charge on any atom is -0.372 e. The molecule has 0 bridgehead atoms. The van der Waals surface area contributed by atoms with E-state index in [1.807, 2.05) is 20.2 Å². The van der Waals surface area contributed by atoms with Crippen LogP contribution in [0.3, 0.4) is 0 Å². The summed E-state index contributed by atoms with van der Waals surface area (Å²) in [6.45, 7) is 9.89. The normalized spacial score (nSPS) is 10.8. The lowest BCUT2D eigenvalue weighted by Crippen LogP contribution is -2.27. The molecule has 7 heteroatoms. The molecule has 2 N–H and O–H groups in total. The summed E-state index contributed by atoms with van der Waals surface area (Å²) in [4.78, 5) is 25.1. The third-order valence-corrected chi connectivity index (χ3v) is 4.57. The van der Waals surface area contributed by atoms with Gasteiger partial charge in [0.15, 0.2) is 0 Å². The fraction of sp³-hybridized carbons (Fsp3) is 0.476. The monoisotopic (exact) mass is 384 g/mol. The first-order chi connectivity index (χ1) is 13.4. The summed E-state index contributed by atoms with van der Waals surface area (Å²) in [5.74, 6) is 0.327. The highest BCUT2D eigenvalue weighted by atomic mass is 16.1. The largest absolute Gasteiger partial charge is 0.372 e. The molecule has 0 saturated heterocycles. The molecule has 0 fully saturated rings. The van der Waals surface area contributed by atoms with Crippen molar-refractivity contribution in [2.24, 2.45) is 0 Å². The molecule has 0 radical (unpaired) electrons. The van der Waals surface area contributed by atoms with Crippen LogP contribution in [0.1, 0.15) is 36.2 Å². The Labute approximate surface area is 168 Å². The number of carbonyl (C=O) groups excluding carboxylic acids is 1. The lowest BCUT2D eigenvalue weighted by atomic mass is 10.1. The minimum atomic E-state index is -0.148. The molecule has 1 aromatic heterocycles. The number of benzene rings is 1. The van der Waals surface area contributed by atoms with E-state index in [1.54, 1.807) is 12.4 Å². The van der Waals surface area contributed by atoms with Gasteiger partial charge in [0.2, 0.25) is 5.95 Å². The van der Waals surface area contributed by atoms with Crippen molar-refractivity contribution in [3.63, 3.8) is 0 Å². The summed E-state index contributed by atoms with van der Waals surface area (Å²) in [7, 11) is 4.03. The Morgan fingerprint density at radius 1 is 1.11 bits per heavy atom. The van der Waals surface area contributed by atoms with Crippen molar-refractivity contribution < 1.29 is 4.79 Å². The van der Waals surface area contributed by atoms with E-state index in [0.717, 1.165) is 37.3 Å². The van der Waals surface area contributed by atoms with Gasteiger partial charge in [-0.1, -0.05) is 0 Å². The summed E-state index contributed by atoms with van der Waals surface area (Å²) in [5.41, 5.74) is 3.74. The van der Waals surface area contributed by atoms with Gasteiger partial charge in [0.1, 0.15) is 0 Å². The molecule has 2 rings (SSSR count). The Morgan fingerprint density at radius 2 is 1.79 bits per heavy atom. The van der Waals surface area contributed by atoms with Crippen LogP contribution in [0.4, 0.5) is 17.3 Å². The zero-order chi connectivity index (χ0) is 20.5. The van der Waals surface area contributed by atoms with Crippen LogP contribution in [0.25, 0.3) is 0 Å². The molecule has 2 aromatic rings. The van der Waals surface area contributed by atoms with Gasteiger partial charge in [-0.2, -0.15) is 0 Å². The van der Waals surface area contributed by atoms with E-state index in [2.05, 4.69) is 63.3 Å². The third kappa shape index (κ3) is 6.20. The summed E-state index contributed by atoms with van der Waals surface area (Å²) >= 11 is 0. The van der Waals surface area contributed by atoms with E-state index in [1.165, 1.54) is 5.69 Å². The number of nitrogens with one attached hydrogen (secondary N) is 2. The maximum atomic E-state index is 12.1. The van der Waals surface area contributed by atoms with E-state index in [0.29, 0.717) is 18.1 Å². The van der Waals surface area contributed by atoms with E-state index < -0.39 is 0 Å². The number of anilines is 3. The second kappa shape index (κ2) is 10.6. The van der Waals surface area contributed by atoms with Gasteiger partial charge in [-0.25, -0.2) is 9.97 Å². The van der Waals surface area contributed by atoms with Crippen molar-refractivity contribution >= 4 is 23.2 Å². The molecule has 0 aliphatic rings. The maximum Gasteiger partial charge on any atom is 0.254 e. The van der Waals surface area contributed by atoms with Gasteiger partial charge in [-0.05, 0) is 71.6 Å². The highest BCUT2D eigenvalue weighted by Crippen LogP contribution is 2.24. The number of hydrogen-bond donors (Lipinski definition) is 2. The fourth-order valence-corrected chi connectivity index (χ4v) is 2.90. The molecule has 0 saturated carbocycles. The van der Waals surface area contributed by atoms with Gasteiger partial charge in [-0.3, -0.25) is 4.79 Å². The summed E-state index contributed by atoms with van der Waals surface area (Å²) in [5, 5.41) is 6.12. The lowest BCUT2D eigenvalue weighted by molar-refractivity contribution is 0.0951. The Hall–Kier alpha value is -2.67. The van der Waals surface area contributed by atoms with Gasteiger partial charge >= 0.3 is 0 Å². The zero-order valence-corrected chi connectivity index (χ0v) is 17.6. The van der Waals surface area contributed by atoms with Gasteiger partial charge in [-0.15, -0.1) is 0 Å². The lowest BCUT2D eigenvalue weighted by Gasteiger charge is -2.22. The molecule has 0 aliphatic carbocycles. The van der Waals surface area contributed by atoms with Crippen LogP contribution in [0.5, 0.6) is 0 Å². The van der Waals surface area contributed by atoms with Crippen LogP contribution >= 0.6 is 0 Å². The average molecular weight is 385 g/mol. The molecular formula is C21H32N6O. The molecular weight excluding hydrogens is 352 g/mol. The second-order valence-electron chi connectivity index (χ2n) is 7.00. The van der Waals surface area contributed by atoms with E-state index in [-0.39, 0.29) is 5.91 Å². The molecule has 152 valence electrons. The Kier molecular flexibility index (Phi) is 8.19. The Bertz CT molecular complexity index is 756. The van der Waals surface area contributed by atoms with Crippen molar-refractivity contribution in [1.29, 1.82) is 0 Å². The summed E-state index contributed by atoms with van der Waals surface area (Å²) in [6.07, 6.45) is 4.01. The molecule has 1 aromatic carbocycles. The predicted molar refractivity (Wildman–Crippen MR) is 116 cm³/mol.